The molecule has 1 amide bonds. The standard InChI is InChI=1S/C10H20N4O4S2Si/c1-16-21(17-2,18-3)7-5-6-11-9(15)14-10(20-4)12-8(19)13-14/h5-7H2,1-4H3,(H,11,15)(H,13,19). The molecule has 0 bridgehead atoms. The van der Waals surface area contributed by atoms with Crippen LogP contribution < -0.4 is 5.32 Å². The fraction of sp³-hybridized carbons (Fsp3) is 0.700. The number of aromatic amines is 1. The Balaban J connectivity index is 2.49. The molecule has 21 heavy (non-hydrogen) atoms. The molecule has 0 aliphatic heterocycles. The molecule has 0 aromatic carbocycles. The van der Waals surface area contributed by atoms with Crippen LogP contribution in [-0.4, -0.2) is 63.7 Å². The first-order valence-corrected chi connectivity index (χ1v) is 9.75. The Morgan fingerprint density at radius 1 is 1.43 bits per heavy atom. The average molecular weight is 353 g/mol. The Kier molecular flexibility index (Phi) is 7.55. The topological polar surface area (TPSA) is 90.4 Å². The van der Waals surface area contributed by atoms with Crippen LogP contribution >= 0.6 is 24.0 Å². The van der Waals surface area contributed by atoms with Crippen LogP contribution in [0.2, 0.25) is 6.04 Å². The van der Waals surface area contributed by atoms with Gasteiger partial charge in [-0.25, -0.2) is 4.79 Å². The Morgan fingerprint density at radius 2 is 2.05 bits per heavy atom. The number of aromatic nitrogens is 3. The molecule has 2 N–H and O–H groups in total. The fourth-order valence-corrected chi connectivity index (χ4v) is 4.17. The second kappa shape index (κ2) is 8.65. The van der Waals surface area contributed by atoms with E-state index in [2.05, 4.69) is 15.4 Å². The number of H-pyrrole nitrogens is 1. The third-order valence-corrected chi connectivity index (χ3v) is 6.50. The highest BCUT2D eigenvalue weighted by Gasteiger charge is 2.36. The lowest BCUT2D eigenvalue weighted by Gasteiger charge is -2.24. The maximum absolute atomic E-state index is 12.0. The van der Waals surface area contributed by atoms with Crippen molar-refractivity contribution in [1.29, 1.82) is 0 Å². The van der Waals surface area contributed by atoms with E-state index in [-0.39, 0.29) is 10.8 Å². The maximum atomic E-state index is 12.0. The molecule has 120 valence electrons. The Bertz CT molecular complexity index is 509. The third kappa shape index (κ3) is 4.90. The Hall–Kier alpha value is -0.723. The number of amides is 1. The number of hydrogen-bond donors (Lipinski definition) is 2. The number of rotatable bonds is 8. The summed E-state index contributed by atoms with van der Waals surface area (Å²) in [5.74, 6) is 0. The molecule has 0 unspecified atom stereocenters. The summed E-state index contributed by atoms with van der Waals surface area (Å²) in [4.78, 5) is 16.0. The van der Waals surface area contributed by atoms with E-state index in [0.29, 0.717) is 24.2 Å². The van der Waals surface area contributed by atoms with Gasteiger partial charge in [0.05, 0.1) is 0 Å². The zero-order chi connectivity index (χ0) is 15.9. The lowest BCUT2D eigenvalue weighted by Crippen LogP contribution is -2.43. The second-order valence-electron chi connectivity index (χ2n) is 3.98. The van der Waals surface area contributed by atoms with E-state index < -0.39 is 8.80 Å². The van der Waals surface area contributed by atoms with Gasteiger partial charge in [-0.3, -0.25) is 5.10 Å². The monoisotopic (exact) mass is 352 g/mol. The van der Waals surface area contributed by atoms with E-state index in [1.165, 1.54) is 16.4 Å². The summed E-state index contributed by atoms with van der Waals surface area (Å²) in [5, 5.41) is 6.01. The van der Waals surface area contributed by atoms with Gasteiger partial charge in [-0.15, -0.1) is 0 Å². The molecule has 0 saturated carbocycles. The van der Waals surface area contributed by atoms with Gasteiger partial charge < -0.3 is 18.6 Å². The van der Waals surface area contributed by atoms with E-state index in [4.69, 9.17) is 25.5 Å². The van der Waals surface area contributed by atoms with Gasteiger partial charge in [-0.05, 0) is 24.9 Å². The van der Waals surface area contributed by atoms with Crippen LogP contribution in [0.15, 0.2) is 5.16 Å². The third-order valence-electron chi connectivity index (χ3n) is 2.85. The number of carbonyl (C=O) groups excluding carboxylic acids is 1. The molecule has 0 spiro atoms. The SMILES string of the molecule is CO[Si](CCCNC(=O)n1[nH]c(=S)nc1SC)(OC)OC. The largest absolute Gasteiger partial charge is 0.500 e. The predicted molar refractivity (Wildman–Crippen MR) is 84.2 cm³/mol. The van der Waals surface area contributed by atoms with E-state index in [9.17, 15) is 4.79 Å². The van der Waals surface area contributed by atoms with E-state index in [1.54, 1.807) is 21.3 Å². The zero-order valence-electron chi connectivity index (χ0n) is 12.5. The zero-order valence-corrected chi connectivity index (χ0v) is 15.1. The van der Waals surface area contributed by atoms with Crippen molar-refractivity contribution in [2.24, 2.45) is 0 Å². The highest BCUT2D eigenvalue weighted by molar-refractivity contribution is 7.98. The number of nitrogens with zero attached hydrogens (tertiary/aromatic N) is 2. The predicted octanol–water partition coefficient (Wildman–Crippen LogP) is 1.49. The van der Waals surface area contributed by atoms with Crippen molar-refractivity contribution in [2.75, 3.05) is 34.1 Å². The fourth-order valence-electron chi connectivity index (χ4n) is 1.72. The molecule has 1 rings (SSSR count). The molecule has 8 nitrogen and oxygen atoms in total. The molecule has 1 aromatic rings. The van der Waals surface area contributed by atoms with Crippen LogP contribution in [0, 0.1) is 4.77 Å². The molecule has 0 aliphatic rings. The summed E-state index contributed by atoms with van der Waals surface area (Å²) >= 11 is 6.25. The summed E-state index contributed by atoms with van der Waals surface area (Å²) < 4.78 is 17.5. The molecule has 0 aliphatic carbocycles. The van der Waals surface area contributed by atoms with Gasteiger partial charge in [-0.1, -0.05) is 11.8 Å². The summed E-state index contributed by atoms with van der Waals surface area (Å²) in [6, 6.07) is 0.314. The highest BCUT2D eigenvalue weighted by Crippen LogP contribution is 2.14. The van der Waals surface area contributed by atoms with Crippen molar-refractivity contribution < 1.29 is 18.1 Å². The minimum Gasteiger partial charge on any atom is -0.377 e. The van der Waals surface area contributed by atoms with Crippen LogP contribution in [-0.2, 0) is 13.3 Å². The first-order valence-electron chi connectivity index (χ1n) is 6.18. The molecule has 0 fully saturated rings. The number of hydrogen-bond acceptors (Lipinski definition) is 7. The summed E-state index contributed by atoms with van der Waals surface area (Å²) in [6.07, 6.45) is 2.50. The van der Waals surface area contributed by atoms with Crippen LogP contribution in [0.25, 0.3) is 0 Å². The smallest absolute Gasteiger partial charge is 0.377 e. The number of carbonyl (C=O) groups is 1. The minimum atomic E-state index is -2.58. The van der Waals surface area contributed by atoms with Crippen LogP contribution in [0.4, 0.5) is 4.79 Å². The van der Waals surface area contributed by atoms with Crippen molar-refractivity contribution in [3.63, 3.8) is 0 Å². The summed E-state index contributed by atoms with van der Waals surface area (Å²) in [7, 11) is 2.11. The quantitative estimate of drug-likeness (QED) is 0.317. The second-order valence-corrected chi connectivity index (χ2v) is 8.23. The first-order chi connectivity index (χ1) is 10.0. The van der Waals surface area contributed by atoms with Crippen molar-refractivity contribution in [2.45, 2.75) is 17.6 Å². The van der Waals surface area contributed by atoms with Gasteiger partial charge in [0.2, 0.25) is 4.77 Å². The van der Waals surface area contributed by atoms with Gasteiger partial charge in [0.1, 0.15) is 0 Å². The molecular weight excluding hydrogens is 332 g/mol. The first kappa shape index (κ1) is 18.3. The van der Waals surface area contributed by atoms with Gasteiger partial charge in [-0.2, -0.15) is 9.67 Å². The normalized spacial score (nSPS) is 11.6. The summed E-state index contributed by atoms with van der Waals surface area (Å²) in [6.45, 7) is 0.469. The molecule has 0 atom stereocenters. The van der Waals surface area contributed by atoms with Crippen molar-refractivity contribution >= 4 is 38.8 Å². The van der Waals surface area contributed by atoms with E-state index in [0.717, 1.165) is 0 Å². The molecular formula is C10H20N4O4S2Si. The number of nitrogens with one attached hydrogen (secondary N) is 2. The van der Waals surface area contributed by atoms with Crippen LogP contribution in [0.1, 0.15) is 6.42 Å². The van der Waals surface area contributed by atoms with Crippen LogP contribution in [0.5, 0.6) is 0 Å². The van der Waals surface area contributed by atoms with Crippen molar-refractivity contribution in [1.82, 2.24) is 20.1 Å². The summed E-state index contributed by atoms with van der Waals surface area (Å²) in [5.41, 5.74) is 0. The molecule has 11 heteroatoms. The van der Waals surface area contributed by atoms with Gasteiger partial charge in [0, 0.05) is 33.9 Å². The average Bonchev–Trinajstić information content (AvgIpc) is 2.89. The lowest BCUT2D eigenvalue weighted by molar-refractivity contribution is 0.123. The molecule has 1 aromatic heterocycles. The van der Waals surface area contributed by atoms with Gasteiger partial charge in [0.25, 0.3) is 0 Å². The van der Waals surface area contributed by atoms with Gasteiger partial charge in [0.15, 0.2) is 5.16 Å². The minimum absolute atomic E-state index is 0.277. The lowest BCUT2D eigenvalue weighted by atomic mass is 10.5. The molecule has 1 heterocycles. The molecule has 0 saturated heterocycles. The van der Waals surface area contributed by atoms with E-state index >= 15 is 0 Å². The molecule has 0 radical (unpaired) electrons. The van der Waals surface area contributed by atoms with Crippen molar-refractivity contribution in [3.8, 4) is 0 Å². The van der Waals surface area contributed by atoms with Crippen LogP contribution in [0.3, 0.4) is 0 Å². The number of thioether (sulfide) groups is 1. The van der Waals surface area contributed by atoms with Crippen molar-refractivity contribution in [3.05, 3.63) is 4.77 Å². The Labute approximate surface area is 133 Å². The Morgan fingerprint density at radius 3 is 2.57 bits per heavy atom. The highest BCUT2D eigenvalue weighted by atomic mass is 32.2. The van der Waals surface area contributed by atoms with Gasteiger partial charge >= 0.3 is 14.8 Å². The van der Waals surface area contributed by atoms with E-state index in [1.807, 2.05) is 6.26 Å². The maximum Gasteiger partial charge on any atom is 0.500 e.